The average Bonchev–Trinajstić information content (AvgIpc) is 3.56. The molecule has 2 aliphatic rings. The maximum absolute atomic E-state index is 13.9. The lowest BCUT2D eigenvalue weighted by Gasteiger charge is -2.35. The van der Waals surface area contributed by atoms with Gasteiger partial charge in [0.1, 0.15) is 29.2 Å². The van der Waals surface area contributed by atoms with E-state index in [0.29, 0.717) is 22.7 Å². The molecule has 10 nitrogen and oxygen atoms in total. The number of carboxylic acid groups (broad SMARTS) is 1. The predicted molar refractivity (Wildman–Crippen MR) is 167 cm³/mol. The van der Waals surface area contributed by atoms with Gasteiger partial charge in [0, 0.05) is 35.4 Å². The Hall–Kier alpha value is -4.38. The number of nitrogens with zero attached hydrogens (tertiary/aromatic N) is 2. The van der Waals surface area contributed by atoms with Crippen LogP contribution in [0, 0.1) is 11.3 Å². The van der Waals surface area contributed by atoms with Crippen LogP contribution in [-0.2, 0) is 14.4 Å². The summed E-state index contributed by atoms with van der Waals surface area (Å²) >= 11 is 0. The van der Waals surface area contributed by atoms with E-state index in [4.69, 9.17) is 22.4 Å². The molecule has 2 aromatic carbocycles. The second-order valence-electron chi connectivity index (χ2n) is 12.5. The lowest BCUT2D eigenvalue weighted by molar-refractivity contribution is -0.146. The number of nitrogens with one attached hydrogen (secondary N) is 2. The second kappa shape index (κ2) is 12.0. The van der Waals surface area contributed by atoms with Crippen molar-refractivity contribution in [1.29, 1.82) is 0 Å². The van der Waals surface area contributed by atoms with Gasteiger partial charge in [-0.1, -0.05) is 57.2 Å². The van der Waals surface area contributed by atoms with Crippen LogP contribution < -0.4 is 20.0 Å². The summed E-state index contributed by atoms with van der Waals surface area (Å²) in [4.78, 5) is 46.0. The number of pyridine rings is 1. The third-order valence-corrected chi connectivity index (χ3v) is 8.50. The molecule has 2 amide bonds. The number of aliphatic carboxylic acids is 1. The number of carbonyl (C=O) groups excluding carboxylic acids is 2. The number of amides is 2. The van der Waals surface area contributed by atoms with Crippen molar-refractivity contribution in [3.8, 4) is 22.8 Å². The van der Waals surface area contributed by atoms with Gasteiger partial charge in [-0.2, -0.15) is 0 Å². The molecule has 1 aromatic heterocycles. The first-order valence-electron chi connectivity index (χ1n) is 14.6. The van der Waals surface area contributed by atoms with Gasteiger partial charge in [-0.05, 0) is 24.0 Å². The smallest absolute Gasteiger partial charge is 0.330 e. The number of likely N-dealkylation sites (tertiary alicyclic amines) is 1. The first-order valence-corrected chi connectivity index (χ1v) is 14.6. The number of rotatable bonds is 10. The van der Waals surface area contributed by atoms with Gasteiger partial charge in [0.2, 0.25) is 11.8 Å². The Bertz CT molecular complexity index is 1590. The third-order valence-electron chi connectivity index (χ3n) is 8.50. The van der Waals surface area contributed by atoms with Crippen LogP contribution in [-0.4, -0.2) is 78.1 Å². The van der Waals surface area contributed by atoms with Crippen molar-refractivity contribution in [1.82, 2.24) is 20.4 Å². The van der Waals surface area contributed by atoms with Crippen LogP contribution in [0.3, 0.4) is 0 Å². The first kappa shape index (κ1) is 31.1. The molecule has 228 valence electrons. The zero-order valence-corrected chi connectivity index (χ0v) is 25.4. The average molecular weight is 596 g/mol. The molecule has 1 aliphatic heterocycles. The summed E-state index contributed by atoms with van der Waals surface area (Å²) in [6.45, 7) is 9.40. The van der Waals surface area contributed by atoms with Gasteiger partial charge in [-0.3, -0.25) is 9.59 Å². The van der Waals surface area contributed by atoms with Crippen LogP contribution in [0.25, 0.3) is 22.2 Å². The highest BCUT2D eigenvalue weighted by molar-refractivity contribution is 6.07. The Morgan fingerprint density at radius 1 is 1.18 bits per heavy atom. The maximum Gasteiger partial charge on any atom is 0.330 e. The number of ether oxygens (including phenoxy) is 2. The summed E-state index contributed by atoms with van der Waals surface area (Å²) in [5.41, 5.74) is 0.240. The first-order chi connectivity index (χ1) is 20.9. The molecular formula is C33H37BN4O6. The summed E-state index contributed by atoms with van der Waals surface area (Å²) < 4.78 is 12.0. The molecule has 3 aromatic rings. The molecule has 11 heteroatoms. The summed E-state index contributed by atoms with van der Waals surface area (Å²) in [7, 11) is 7.40. The number of aromatic nitrogens is 1. The molecular weight excluding hydrogens is 559 g/mol. The molecule has 2 heterocycles. The SMILES string of the molecule is [B]NC(C(=O)N1C[C@H](Oc2cc(-c3ccccc3)nc3cc(OC)ccc23)C[C@H]1C(=O)N[C@]1(C(=O)O)C[C@@H]1C=C)C(C)(C)C. The van der Waals surface area contributed by atoms with Gasteiger partial charge in [-0.25, -0.2) is 9.78 Å². The molecule has 1 saturated carbocycles. The summed E-state index contributed by atoms with van der Waals surface area (Å²) in [6, 6.07) is 15.3. The van der Waals surface area contributed by atoms with Crippen LogP contribution >= 0.6 is 0 Å². The van der Waals surface area contributed by atoms with Gasteiger partial charge >= 0.3 is 5.97 Å². The van der Waals surface area contributed by atoms with E-state index in [9.17, 15) is 19.5 Å². The largest absolute Gasteiger partial charge is 0.497 e. The molecule has 1 aliphatic carbocycles. The fraction of sp³-hybridized carbons (Fsp3) is 0.394. The molecule has 3 N–H and O–H groups in total. The minimum atomic E-state index is -1.44. The molecule has 1 unspecified atom stereocenters. The van der Waals surface area contributed by atoms with Crippen molar-refractivity contribution in [2.45, 2.75) is 57.3 Å². The van der Waals surface area contributed by atoms with Crippen molar-refractivity contribution < 1.29 is 29.0 Å². The van der Waals surface area contributed by atoms with Crippen LogP contribution in [0.1, 0.15) is 33.6 Å². The minimum Gasteiger partial charge on any atom is -0.497 e. The van der Waals surface area contributed by atoms with E-state index in [1.807, 2.05) is 75.4 Å². The van der Waals surface area contributed by atoms with Crippen molar-refractivity contribution in [3.63, 3.8) is 0 Å². The van der Waals surface area contributed by atoms with Gasteiger partial charge < -0.3 is 30.0 Å². The molecule has 2 radical (unpaired) electrons. The van der Waals surface area contributed by atoms with Gasteiger partial charge in [0.05, 0.1) is 30.9 Å². The lowest BCUT2D eigenvalue weighted by atomic mass is 9.84. The Morgan fingerprint density at radius 3 is 2.50 bits per heavy atom. The number of hydrogen-bond acceptors (Lipinski definition) is 7. The quantitative estimate of drug-likeness (QED) is 0.240. The predicted octanol–water partition coefficient (Wildman–Crippen LogP) is 3.49. The van der Waals surface area contributed by atoms with Crippen LogP contribution in [0.15, 0.2) is 67.3 Å². The fourth-order valence-corrected chi connectivity index (χ4v) is 5.89. The molecule has 1 saturated heterocycles. The van der Waals surface area contributed by atoms with Crippen molar-refractivity contribution in [2.24, 2.45) is 11.3 Å². The molecule has 0 bridgehead atoms. The number of hydrogen-bond donors (Lipinski definition) is 3. The van der Waals surface area contributed by atoms with Crippen molar-refractivity contribution in [2.75, 3.05) is 13.7 Å². The van der Waals surface area contributed by atoms with E-state index >= 15 is 0 Å². The zero-order valence-electron chi connectivity index (χ0n) is 25.4. The highest BCUT2D eigenvalue weighted by Gasteiger charge is 2.61. The number of carboxylic acids is 1. The summed E-state index contributed by atoms with van der Waals surface area (Å²) in [6.07, 6.45) is 1.33. The second-order valence-corrected chi connectivity index (χ2v) is 12.5. The minimum absolute atomic E-state index is 0.0940. The number of fused-ring (bicyclic) bond motifs is 1. The molecule has 2 fully saturated rings. The van der Waals surface area contributed by atoms with Gasteiger partial charge in [-0.15, -0.1) is 6.58 Å². The van der Waals surface area contributed by atoms with Crippen molar-refractivity contribution in [3.05, 3.63) is 67.3 Å². The van der Waals surface area contributed by atoms with E-state index < -0.39 is 46.9 Å². The Balaban J connectivity index is 1.50. The number of carbonyl (C=O) groups is 3. The highest BCUT2D eigenvalue weighted by Crippen LogP contribution is 2.45. The summed E-state index contributed by atoms with van der Waals surface area (Å²) in [5, 5.41) is 16.0. The summed E-state index contributed by atoms with van der Waals surface area (Å²) in [5.74, 6) is -1.29. The molecule has 5 rings (SSSR count). The number of benzene rings is 2. The standard InChI is InChI=1S/C33H37BN4O6/c1-6-20-17-33(20,31(41)42)36-29(39)26-15-22(18-38(26)30(40)28(37-34)32(2,3)4)44-27-16-24(19-10-8-7-9-11-19)35-25-14-21(43-5)12-13-23(25)27/h6-14,16,20,22,26,28,37H,1,15,17-18H2,2-5H3,(H,36,39)(H,41,42)/t20-,22+,26-,28?,33+/m0/s1. The fourth-order valence-electron chi connectivity index (χ4n) is 5.89. The van der Waals surface area contributed by atoms with E-state index in [0.717, 1.165) is 10.9 Å². The third kappa shape index (κ3) is 5.88. The van der Waals surface area contributed by atoms with Gasteiger partial charge in [0.15, 0.2) is 7.98 Å². The molecule has 5 atom stereocenters. The van der Waals surface area contributed by atoms with Crippen molar-refractivity contribution >= 4 is 36.7 Å². The van der Waals surface area contributed by atoms with E-state index in [2.05, 4.69) is 17.1 Å². The topological polar surface area (TPSA) is 130 Å². The molecule has 0 spiro atoms. The van der Waals surface area contributed by atoms with Crippen LogP contribution in [0.4, 0.5) is 0 Å². The highest BCUT2D eigenvalue weighted by atomic mass is 16.5. The van der Waals surface area contributed by atoms with Crippen LogP contribution in [0.2, 0.25) is 0 Å². The molecule has 44 heavy (non-hydrogen) atoms. The van der Waals surface area contributed by atoms with E-state index in [-0.39, 0.29) is 25.3 Å². The normalized spacial score (nSPS) is 23.5. The van der Waals surface area contributed by atoms with E-state index in [1.54, 1.807) is 7.11 Å². The number of methoxy groups -OCH3 is 1. The lowest BCUT2D eigenvalue weighted by Crippen LogP contribution is -2.58. The maximum atomic E-state index is 13.9. The Kier molecular flexibility index (Phi) is 8.44. The van der Waals surface area contributed by atoms with E-state index in [1.165, 1.54) is 11.0 Å². The van der Waals surface area contributed by atoms with Gasteiger partial charge in [0.25, 0.3) is 0 Å². The van der Waals surface area contributed by atoms with Crippen LogP contribution in [0.5, 0.6) is 11.5 Å². The monoisotopic (exact) mass is 596 g/mol. The Morgan fingerprint density at radius 2 is 1.91 bits per heavy atom. The zero-order chi connectivity index (χ0) is 31.8. The Labute approximate surface area is 258 Å².